The molecule has 1 heterocycles. The molecule has 1 saturated carbocycles. The maximum Gasteiger partial charge on any atom is 0.231 e. The number of nitrogens with two attached hydrogens (primary N) is 1. The van der Waals surface area contributed by atoms with Gasteiger partial charge in [-0.05, 0) is 25.0 Å². The van der Waals surface area contributed by atoms with E-state index in [4.69, 9.17) is 15.2 Å². The highest BCUT2D eigenvalue weighted by Crippen LogP contribution is 2.48. The van der Waals surface area contributed by atoms with Crippen LogP contribution in [0.1, 0.15) is 31.2 Å². The fraction of sp³-hybridized carbons (Fsp3) is 0.500. The molecule has 1 fully saturated rings. The van der Waals surface area contributed by atoms with Crippen molar-refractivity contribution in [1.29, 1.82) is 0 Å². The molecule has 1 aromatic carbocycles. The standard InChI is InChI=1S/C12H15NO3/c13-12(5-1-2-6-12)8-3-4-9-11(10(8)14)16-7-15-9/h3-4,14H,1-2,5-7,13H2. The molecule has 0 unspecified atom stereocenters. The van der Waals surface area contributed by atoms with Crippen molar-refractivity contribution in [2.45, 2.75) is 31.2 Å². The largest absolute Gasteiger partial charge is 0.504 e. The third-order valence-electron chi connectivity index (χ3n) is 3.55. The molecular weight excluding hydrogens is 206 g/mol. The van der Waals surface area contributed by atoms with Gasteiger partial charge in [0.25, 0.3) is 0 Å². The van der Waals surface area contributed by atoms with Crippen molar-refractivity contribution in [3.05, 3.63) is 17.7 Å². The minimum absolute atomic E-state index is 0.152. The zero-order valence-electron chi connectivity index (χ0n) is 9.03. The number of fused-ring (bicyclic) bond motifs is 1. The molecule has 3 rings (SSSR count). The quantitative estimate of drug-likeness (QED) is 0.759. The fourth-order valence-corrected chi connectivity index (χ4v) is 2.63. The summed E-state index contributed by atoms with van der Waals surface area (Å²) < 4.78 is 10.5. The minimum Gasteiger partial charge on any atom is -0.504 e. The Morgan fingerprint density at radius 1 is 1.19 bits per heavy atom. The molecular formula is C12H15NO3. The van der Waals surface area contributed by atoms with Gasteiger partial charge in [0.05, 0.1) is 0 Å². The van der Waals surface area contributed by atoms with Gasteiger partial charge in [0.15, 0.2) is 11.5 Å². The zero-order valence-corrected chi connectivity index (χ0v) is 9.03. The average Bonchev–Trinajstić information content (AvgIpc) is 2.87. The van der Waals surface area contributed by atoms with E-state index < -0.39 is 5.54 Å². The Kier molecular flexibility index (Phi) is 2.01. The molecule has 1 aromatic rings. The number of phenolic OH excluding ortho intramolecular Hbond substituents is 1. The van der Waals surface area contributed by atoms with E-state index in [-0.39, 0.29) is 12.5 Å². The Morgan fingerprint density at radius 3 is 2.69 bits per heavy atom. The Labute approximate surface area is 94.0 Å². The second kappa shape index (κ2) is 3.28. The first-order chi connectivity index (χ1) is 7.71. The molecule has 0 atom stereocenters. The van der Waals surface area contributed by atoms with Crippen LogP contribution >= 0.6 is 0 Å². The highest BCUT2D eigenvalue weighted by molar-refractivity contribution is 5.58. The lowest BCUT2D eigenvalue weighted by Gasteiger charge is -2.25. The highest BCUT2D eigenvalue weighted by Gasteiger charge is 2.36. The number of hydrogen-bond acceptors (Lipinski definition) is 4. The normalized spacial score (nSPS) is 21.3. The third kappa shape index (κ3) is 1.26. The Morgan fingerprint density at radius 2 is 1.94 bits per heavy atom. The summed E-state index contributed by atoms with van der Waals surface area (Å²) >= 11 is 0. The van der Waals surface area contributed by atoms with Gasteiger partial charge in [0.2, 0.25) is 12.5 Å². The Balaban J connectivity index is 2.08. The predicted octanol–water partition coefficient (Wildman–Crippen LogP) is 1.85. The molecule has 86 valence electrons. The maximum atomic E-state index is 10.2. The van der Waals surface area contributed by atoms with Crippen molar-refractivity contribution < 1.29 is 14.6 Å². The molecule has 3 N–H and O–H groups in total. The van der Waals surface area contributed by atoms with E-state index in [1.807, 2.05) is 12.1 Å². The van der Waals surface area contributed by atoms with E-state index in [9.17, 15) is 5.11 Å². The van der Waals surface area contributed by atoms with Crippen LogP contribution in [0, 0.1) is 0 Å². The van der Waals surface area contributed by atoms with E-state index in [2.05, 4.69) is 0 Å². The van der Waals surface area contributed by atoms with Crippen LogP contribution in [-0.2, 0) is 5.54 Å². The first-order valence-corrected chi connectivity index (χ1v) is 5.62. The molecule has 1 aliphatic carbocycles. The van der Waals surface area contributed by atoms with Crippen molar-refractivity contribution in [3.63, 3.8) is 0 Å². The van der Waals surface area contributed by atoms with Gasteiger partial charge in [0.1, 0.15) is 0 Å². The van der Waals surface area contributed by atoms with Crippen LogP contribution in [0.15, 0.2) is 12.1 Å². The van der Waals surface area contributed by atoms with Crippen LogP contribution < -0.4 is 15.2 Å². The molecule has 0 bridgehead atoms. The van der Waals surface area contributed by atoms with Gasteiger partial charge in [-0.3, -0.25) is 0 Å². The summed E-state index contributed by atoms with van der Waals surface area (Å²) in [6.07, 6.45) is 4.06. The monoisotopic (exact) mass is 221 g/mol. The van der Waals surface area contributed by atoms with Gasteiger partial charge in [-0.1, -0.05) is 12.8 Å². The summed E-state index contributed by atoms with van der Waals surface area (Å²) in [5.74, 6) is 1.19. The first-order valence-electron chi connectivity index (χ1n) is 5.62. The number of phenols is 1. The molecule has 16 heavy (non-hydrogen) atoms. The van der Waals surface area contributed by atoms with E-state index in [1.165, 1.54) is 0 Å². The molecule has 0 radical (unpaired) electrons. The molecule has 0 amide bonds. The molecule has 4 nitrogen and oxygen atoms in total. The molecule has 0 aromatic heterocycles. The molecule has 1 aliphatic heterocycles. The van der Waals surface area contributed by atoms with Crippen LogP contribution in [0.4, 0.5) is 0 Å². The first kappa shape index (κ1) is 9.78. The molecule has 0 spiro atoms. The molecule has 2 aliphatic rings. The van der Waals surface area contributed by atoms with Crippen molar-refractivity contribution >= 4 is 0 Å². The summed E-state index contributed by atoms with van der Waals surface area (Å²) in [6.45, 7) is 0.171. The van der Waals surface area contributed by atoms with E-state index in [0.717, 1.165) is 31.2 Å². The highest BCUT2D eigenvalue weighted by atomic mass is 16.7. The summed E-state index contributed by atoms with van der Waals surface area (Å²) in [6, 6.07) is 3.68. The number of benzene rings is 1. The lowest BCUT2D eigenvalue weighted by molar-refractivity contribution is 0.171. The number of aromatic hydroxyl groups is 1. The number of ether oxygens (including phenoxy) is 2. The third-order valence-corrected chi connectivity index (χ3v) is 3.55. The van der Waals surface area contributed by atoms with Crippen LogP contribution in [0.25, 0.3) is 0 Å². The average molecular weight is 221 g/mol. The Hall–Kier alpha value is -1.42. The van der Waals surface area contributed by atoms with Crippen molar-refractivity contribution in [2.24, 2.45) is 5.73 Å². The van der Waals surface area contributed by atoms with Gasteiger partial charge in [-0.2, -0.15) is 0 Å². The molecule has 4 heteroatoms. The van der Waals surface area contributed by atoms with Crippen molar-refractivity contribution in [3.8, 4) is 17.2 Å². The topological polar surface area (TPSA) is 64.7 Å². The fourth-order valence-electron chi connectivity index (χ4n) is 2.63. The second-order valence-corrected chi connectivity index (χ2v) is 4.56. The van der Waals surface area contributed by atoms with Crippen LogP contribution in [0.2, 0.25) is 0 Å². The van der Waals surface area contributed by atoms with E-state index >= 15 is 0 Å². The summed E-state index contributed by atoms with van der Waals surface area (Å²) in [7, 11) is 0. The van der Waals surface area contributed by atoms with Crippen LogP contribution in [-0.4, -0.2) is 11.9 Å². The maximum absolute atomic E-state index is 10.2. The van der Waals surface area contributed by atoms with E-state index in [0.29, 0.717) is 11.5 Å². The van der Waals surface area contributed by atoms with Crippen LogP contribution in [0.5, 0.6) is 17.2 Å². The van der Waals surface area contributed by atoms with E-state index in [1.54, 1.807) is 0 Å². The molecule has 0 saturated heterocycles. The van der Waals surface area contributed by atoms with Gasteiger partial charge in [0, 0.05) is 11.1 Å². The smallest absolute Gasteiger partial charge is 0.231 e. The van der Waals surface area contributed by atoms with Gasteiger partial charge in [-0.25, -0.2) is 0 Å². The number of rotatable bonds is 1. The van der Waals surface area contributed by atoms with Gasteiger partial charge < -0.3 is 20.3 Å². The summed E-state index contributed by atoms with van der Waals surface area (Å²) in [4.78, 5) is 0. The van der Waals surface area contributed by atoms with Crippen molar-refractivity contribution in [1.82, 2.24) is 0 Å². The summed E-state index contributed by atoms with van der Waals surface area (Å²) in [5.41, 5.74) is 6.71. The predicted molar refractivity (Wildman–Crippen MR) is 58.6 cm³/mol. The lowest BCUT2D eigenvalue weighted by Crippen LogP contribution is -2.33. The lowest BCUT2D eigenvalue weighted by atomic mass is 9.88. The van der Waals surface area contributed by atoms with Crippen molar-refractivity contribution in [2.75, 3.05) is 6.79 Å². The minimum atomic E-state index is -0.398. The van der Waals surface area contributed by atoms with Gasteiger partial charge in [-0.15, -0.1) is 0 Å². The number of hydrogen-bond donors (Lipinski definition) is 2. The SMILES string of the molecule is NC1(c2ccc3c(c2O)OCO3)CCCC1. The summed E-state index contributed by atoms with van der Waals surface area (Å²) in [5, 5.41) is 10.2. The van der Waals surface area contributed by atoms with Gasteiger partial charge >= 0.3 is 0 Å². The van der Waals surface area contributed by atoms with Crippen LogP contribution in [0.3, 0.4) is 0 Å². The zero-order chi connectivity index (χ0) is 11.2. The Bertz CT molecular complexity index is 425. The second-order valence-electron chi connectivity index (χ2n) is 4.56.